The number of rotatable bonds is 3. The number of nitrogens with zero attached hydrogens (tertiary/aromatic N) is 2. The molecule has 1 aliphatic rings. The molecule has 0 bridgehead atoms. The summed E-state index contributed by atoms with van der Waals surface area (Å²) in [5.41, 5.74) is 2.47. The molecule has 2 aromatic rings. The van der Waals surface area contributed by atoms with Crippen molar-refractivity contribution in [2.75, 3.05) is 32.8 Å². The van der Waals surface area contributed by atoms with Crippen molar-refractivity contribution in [3.63, 3.8) is 0 Å². The highest BCUT2D eigenvalue weighted by Gasteiger charge is 2.24. The summed E-state index contributed by atoms with van der Waals surface area (Å²) >= 11 is 0. The van der Waals surface area contributed by atoms with E-state index in [0.717, 1.165) is 26.2 Å². The average Bonchev–Trinajstić information content (AvgIpc) is 2.79. The van der Waals surface area contributed by atoms with Crippen LogP contribution in [0.5, 0.6) is 0 Å². The van der Waals surface area contributed by atoms with Crippen molar-refractivity contribution in [2.24, 2.45) is 7.05 Å². The molecule has 1 unspecified atom stereocenters. The maximum atomic E-state index is 9.83. The van der Waals surface area contributed by atoms with Crippen molar-refractivity contribution in [2.45, 2.75) is 6.04 Å². The first-order valence-corrected chi connectivity index (χ1v) is 6.91. The molecule has 1 saturated heterocycles. The van der Waals surface area contributed by atoms with Gasteiger partial charge in [0.25, 0.3) is 0 Å². The van der Waals surface area contributed by atoms with E-state index in [1.165, 1.54) is 16.5 Å². The lowest BCUT2D eigenvalue weighted by molar-refractivity contribution is 0.111. The van der Waals surface area contributed by atoms with E-state index in [-0.39, 0.29) is 12.6 Å². The van der Waals surface area contributed by atoms with E-state index in [1.807, 2.05) is 0 Å². The molecule has 1 aromatic carbocycles. The minimum absolute atomic E-state index is 0.105. The van der Waals surface area contributed by atoms with E-state index >= 15 is 0 Å². The first-order chi connectivity index (χ1) is 9.31. The van der Waals surface area contributed by atoms with Crippen LogP contribution in [0.15, 0.2) is 30.5 Å². The van der Waals surface area contributed by atoms with Gasteiger partial charge in [0.05, 0.1) is 12.6 Å². The van der Waals surface area contributed by atoms with Gasteiger partial charge >= 0.3 is 0 Å². The molecule has 1 atom stereocenters. The number of piperazine rings is 1. The zero-order valence-corrected chi connectivity index (χ0v) is 11.3. The van der Waals surface area contributed by atoms with Gasteiger partial charge < -0.3 is 15.0 Å². The van der Waals surface area contributed by atoms with Crippen LogP contribution < -0.4 is 5.32 Å². The predicted molar refractivity (Wildman–Crippen MR) is 77.2 cm³/mol. The second kappa shape index (κ2) is 5.33. The largest absolute Gasteiger partial charge is 0.394 e. The Morgan fingerprint density at radius 2 is 2.00 bits per heavy atom. The standard InChI is InChI=1S/C15H21N3O/c1-17-10-13(12-4-2-3-5-14(12)17)15(11-19)18-8-6-16-7-9-18/h2-5,10,15-16,19H,6-9,11H2,1H3. The van der Waals surface area contributed by atoms with Crippen LogP contribution in [0.3, 0.4) is 0 Å². The molecule has 3 rings (SSSR count). The number of para-hydroxylation sites is 1. The Bertz CT molecular complexity index is 558. The number of benzene rings is 1. The van der Waals surface area contributed by atoms with E-state index in [2.05, 4.69) is 52.3 Å². The normalized spacial score (nSPS) is 18.8. The fourth-order valence-corrected chi connectivity index (χ4v) is 3.04. The monoisotopic (exact) mass is 259 g/mol. The van der Waals surface area contributed by atoms with Crippen molar-refractivity contribution < 1.29 is 5.11 Å². The Hall–Kier alpha value is -1.36. The van der Waals surface area contributed by atoms with Crippen LogP contribution in [0.2, 0.25) is 0 Å². The van der Waals surface area contributed by atoms with Crippen LogP contribution >= 0.6 is 0 Å². The molecule has 19 heavy (non-hydrogen) atoms. The summed E-state index contributed by atoms with van der Waals surface area (Å²) in [4.78, 5) is 2.37. The van der Waals surface area contributed by atoms with Crippen LogP contribution in [0.1, 0.15) is 11.6 Å². The Balaban J connectivity index is 2.01. The number of aliphatic hydroxyl groups excluding tert-OH is 1. The first kappa shape index (κ1) is 12.7. The van der Waals surface area contributed by atoms with E-state index in [4.69, 9.17) is 0 Å². The summed E-state index contributed by atoms with van der Waals surface area (Å²) in [6.45, 7) is 4.17. The molecule has 4 heteroatoms. The Morgan fingerprint density at radius 3 is 2.74 bits per heavy atom. The van der Waals surface area contributed by atoms with Gasteiger partial charge in [0.15, 0.2) is 0 Å². The smallest absolute Gasteiger partial charge is 0.0629 e. The SMILES string of the molecule is Cn1cc(C(CO)N2CCNCC2)c2ccccc21. The summed E-state index contributed by atoms with van der Waals surface area (Å²) in [5.74, 6) is 0. The lowest BCUT2D eigenvalue weighted by atomic mass is 10.0. The second-order valence-corrected chi connectivity index (χ2v) is 5.20. The van der Waals surface area contributed by atoms with Crippen LogP contribution in [0, 0.1) is 0 Å². The highest BCUT2D eigenvalue weighted by molar-refractivity contribution is 5.84. The third kappa shape index (κ3) is 2.27. The Kier molecular flexibility index (Phi) is 3.55. The zero-order chi connectivity index (χ0) is 13.2. The van der Waals surface area contributed by atoms with Gasteiger partial charge in [-0.3, -0.25) is 4.90 Å². The van der Waals surface area contributed by atoms with Crippen molar-refractivity contribution in [3.05, 3.63) is 36.0 Å². The van der Waals surface area contributed by atoms with Crippen molar-refractivity contribution in [1.82, 2.24) is 14.8 Å². The lowest BCUT2D eigenvalue weighted by Gasteiger charge is -2.33. The van der Waals surface area contributed by atoms with E-state index in [9.17, 15) is 5.11 Å². The zero-order valence-electron chi connectivity index (χ0n) is 11.3. The predicted octanol–water partition coefficient (Wildman–Crippen LogP) is 1.12. The number of aromatic nitrogens is 1. The van der Waals surface area contributed by atoms with Crippen LogP contribution in [-0.2, 0) is 7.05 Å². The topological polar surface area (TPSA) is 40.4 Å². The first-order valence-electron chi connectivity index (χ1n) is 6.91. The minimum Gasteiger partial charge on any atom is -0.394 e. The van der Waals surface area contributed by atoms with Gasteiger partial charge in [0.1, 0.15) is 0 Å². The third-order valence-corrected chi connectivity index (χ3v) is 4.05. The maximum Gasteiger partial charge on any atom is 0.0629 e. The quantitative estimate of drug-likeness (QED) is 0.868. The van der Waals surface area contributed by atoms with Gasteiger partial charge in [-0.25, -0.2) is 0 Å². The van der Waals surface area contributed by atoms with E-state index in [1.54, 1.807) is 0 Å². The molecule has 2 N–H and O–H groups in total. The third-order valence-electron chi connectivity index (χ3n) is 4.05. The highest BCUT2D eigenvalue weighted by Crippen LogP contribution is 2.29. The van der Waals surface area contributed by atoms with Gasteiger partial charge in [-0.15, -0.1) is 0 Å². The molecule has 4 nitrogen and oxygen atoms in total. The van der Waals surface area contributed by atoms with Crippen molar-refractivity contribution in [3.8, 4) is 0 Å². The summed E-state index contributed by atoms with van der Waals surface area (Å²) in [5, 5.41) is 14.4. The fraction of sp³-hybridized carbons (Fsp3) is 0.467. The number of aliphatic hydroxyl groups is 1. The molecule has 102 valence electrons. The summed E-state index contributed by atoms with van der Waals surface area (Å²) in [6.07, 6.45) is 2.16. The maximum absolute atomic E-state index is 9.83. The van der Waals surface area contributed by atoms with Gasteiger partial charge in [-0.05, 0) is 11.6 Å². The van der Waals surface area contributed by atoms with Gasteiger partial charge in [-0.2, -0.15) is 0 Å². The molecular weight excluding hydrogens is 238 g/mol. The van der Waals surface area contributed by atoms with Crippen molar-refractivity contribution in [1.29, 1.82) is 0 Å². The molecule has 0 saturated carbocycles. The number of fused-ring (bicyclic) bond motifs is 1. The number of hydrogen-bond donors (Lipinski definition) is 2. The lowest BCUT2D eigenvalue weighted by Crippen LogP contribution is -2.46. The van der Waals surface area contributed by atoms with E-state index < -0.39 is 0 Å². The summed E-state index contributed by atoms with van der Waals surface area (Å²) in [7, 11) is 2.07. The molecule has 2 heterocycles. The van der Waals surface area contributed by atoms with Crippen LogP contribution in [0.4, 0.5) is 0 Å². The van der Waals surface area contributed by atoms with Crippen LogP contribution in [-0.4, -0.2) is 47.4 Å². The Labute approximate surface area is 113 Å². The molecule has 1 fully saturated rings. The molecule has 1 aliphatic heterocycles. The second-order valence-electron chi connectivity index (χ2n) is 5.20. The molecule has 1 aromatic heterocycles. The summed E-state index contributed by atoms with van der Waals surface area (Å²) < 4.78 is 2.15. The molecule has 0 spiro atoms. The summed E-state index contributed by atoms with van der Waals surface area (Å²) in [6, 6.07) is 8.51. The number of aryl methyl sites for hydroxylation is 1. The number of nitrogens with one attached hydrogen (secondary N) is 1. The Morgan fingerprint density at radius 1 is 1.26 bits per heavy atom. The average molecular weight is 259 g/mol. The van der Waals surface area contributed by atoms with E-state index in [0.29, 0.717) is 0 Å². The van der Waals surface area contributed by atoms with Gasteiger partial charge in [0.2, 0.25) is 0 Å². The van der Waals surface area contributed by atoms with Gasteiger partial charge in [-0.1, -0.05) is 18.2 Å². The van der Waals surface area contributed by atoms with Crippen molar-refractivity contribution >= 4 is 10.9 Å². The highest BCUT2D eigenvalue weighted by atomic mass is 16.3. The number of hydrogen-bond acceptors (Lipinski definition) is 3. The minimum atomic E-state index is 0.105. The van der Waals surface area contributed by atoms with Gasteiger partial charge in [0, 0.05) is 50.3 Å². The molecular formula is C15H21N3O. The van der Waals surface area contributed by atoms with Crippen LogP contribution in [0.25, 0.3) is 10.9 Å². The fourth-order valence-electron chi connectivity index (χ4n) is 3.04. The molecule has 0 radical (unpaired) electrons. The molecule has 0 aliphatic carbocycles. The molecule has 0 amide bonds.